The van der Waals surface area contributed by atoms with Crippen LogP contribution < -0.4 is 5.73 Å². The van der Waals surface area contributed by atoms with Crippen molar-refractivity contribution < 1.29 is 4.39 Å². The molecule has 2 fully saturated rings. The van der Waals surface area contributed by atoms with E-state index >= 15 is 0 Å². The van der Waals surface area contributed by atoms with Gasteiger partial charge >= 0.3 is 0 Å². The summed E-state index contributed by atoms with van der Waals surface area (Å²) in [4.78, 5) is 2.53. The third-order valence-electron chi connectivity index (χ3n) is 3.89. The molecule has 0 aromatic heterocycles. The number of halogens is 1. The second kappa shape index (κ2) is 4.98. The van der Waals surface area contributed by atoms with Gasteiger partial charge in [-0.3, -0.25) is 4.90 Å². The van der Waals surface area contributed by atoms with Gasteiger partial charge in [0.15, 0.2) is 0 Å². The third kappa shape index (κ3) is 3.09. The van der Waals surface area contributed by atoms with Crippen LogP contribution in [0.5, 0.6) is 0 Å². The molecule has 3 heteroatoms. The predicted molar refractivity (Wildman–Crippen MR) is 70.4 cm³/mol. The molecule has 0 saturated heterocycles. The van der Waals surface area contributed by atoms with Crippen LogP contribution in [0.2, 0.25) is 0 Å². The van der Waals surface area contributed by atoms with Gasteiger partial charge < -0.3 is 5.73 Å². The first kappa shape index (κ1) is 12.1. The molecule has 0 bridgehead atoms. The lowest BCUT2D eigenvalue weighted by molar-refractivity contribution is 0.243. The third-order valence-corrected chi connectivity index (χ3v) is 3.89. The molecule has 1 aromatic carbocycles. The summed E-state index contributed by atoms with van der Waals surface area (Å²) in [7, 11) is 0. The van der Waals surface area contributed by atoms with Gasteiger partial charge in [-0.1, -0.05) is 6.07 Å². The standard InChI is InChI=1S/C15H21FN2/c16-14-6-12(8-17)5-13(7-14)10-18(15-3-4-15)9-11-1-2-11/h5-7,11,15H,1-4,8-10,17H2. The van der Waals surface area contributed by atoms with Gasteiger partial charge in [-0.15, -0.1) is 0 Å². The Morgan fingerprint density at radius 2 is 1.83 bits per heavy atom. The maximum atomic E-state index is 13.5. The topological polar surface area (TPSA) is 29.3 Å². The molecule has 2 aliphatic rings. The minimum absolute atomic E-state index is 0.157. The molecule has 0 aliphatic heterocycles. The maximum absolute atomic E-state index is 13.5. The van der Waals surface area contributed by atoms with Gasteiger partial charge in [-0.2, -0.15) is 0 Å². The van der Waals surface area contributed by atoms with Crippen molar-refractivity contribution in [2.75, 3.05) is 6.54 Å². The highest BCUT2D eigenvalue weighted by Gasteiger charge is 2.33. The molecule has 98 valence electrons. The van der Waals surface area contributed by atoms with E-state index in [4.69, 9.17) is 5.73 Å². The monoisotopic (exact) mass is 248 g/mol. The number of hydrogen-bond acceptors (Lipinski definition) is 2. The first-order chi connectivity index (χ1) is 8.74. The predicted octanol–water partition coefficient (Wildman–Crippen LogP) is 2.66. The normalized spacial score (nSPS) is 19.5. The number of hydrogen-bond donors (Lipinski definition) is 1. The van der Waals surface area contributed by atoms with E-state index in [0.29, 0.717) is 6.54 Å². The number of rotatable bonds is 6. The molecular formula is C15H21FN2. The average Bonchev–Trinajstić information content (AvgIpc) is 3.20. The Hall–Kier alpha value is -0.930. The Labute approximate surface area is 108 Å². The Kier molecular flexibility index (Phi) is 3.35. The van der Waals surface area contributed by atoms with Crippen LogP contribution in [0.3, 0.4) is 0 Å². The minimum Gasteiger partial charge on any atom is -0.326 e. The Balaban J connectivity index is 1.70. The molecule has 2 nitrogen and oxygen atoms in total. The SMILES string of the molecule is NCc1cc(F)cc(CN(CC2CC2)C2CC2)c1. The summed E-state index contributed by atoms with van der Waals surface area (Å²) in [6, 6.07) is 5.98. The van der Waals surface area contributed by atoms with E-state index in [1.165, 1.54) is 38.3 Å². The Bertz CT molecular complexity index is 425. The van der Waals surface area contributed by atoms with Crippen LogP contribution in [0.1, 0.15) is 36.8 Å². The van der Waals surface area contributed by atoms with Gasteiger partial charge in [0.2, 0.25) is 0 Å². The van der Waals surface area contributed by atoms with Crippen LogP contribution in [0, 0.1) is 11.7 Å². The van der Waals surface area contributed by atoms with Gasteiger partial charge in [0, 0.05) is 25.7 Å². The molecule has 0 heterocycles. The molecule has 3 rings (SSSR count). The van der Waals surface area contributed by atoms with E-state index in [-0.39, 0.29) is 5.82 Å². The van der Waals surface area contributed by atoms with Crippen molar-refractivity contribution in [1.82, 2.24) is 4.90 Å². The van der Waals surface area contributed by atoms with E-state index in [2.05, 4.69) is 4.90 Å². The molecule has 0 unspecified atom stereocenters. The second-order valence-electron chi connectivity index (χ2n) is 5.78. The number of benzene rings is 1. The molecule has 0 radical (unpaired) electrons. The fourth-order valence-corrected chi connectivity index (χ4v) is 2.58. The smallest absolute Gasteiger partial charge is 0.123 e. The first-order valence-electron chi connectivity index (χ1n) is 6.97. The summed E-state index contributed by atoms with van der Waals surface area (Å²) in [5.41, 5.74) is 7.57. The van der Waals surface area contributed by atoms with Gasteiger partial charge in [0.05, 0.1) is 0 Å². The van der Waals surface area contributed by atoms with Crippen LogP contribution in [0.15, 0.2) is 18.2 Å². The lowest BCUT2D eigenvalue weighted by Gasteiger charge is -2.22. The van der Waals surface area contributed by atoms with Crippen molar-refractivity contribution in [3.8, 4) is 0 Å². The quantitative estimate of drug-likeness (QED) is 0.838. The van der Waals surface area contributed by atoms with Gasteiger partial charge in [-0.05, 0) is 54.9 Å². The molecule has 2 aliphatic carbocycles. The zero-order chi connectivity index (χ0) is 12.5. The zero-order valence-corrected chi connectivity index (χ0v) is 10.7. The zero-order valence-electron chi connectivity index (χ0n) is 10.7. The van der Waals surface area contributed by atoms with Crippen LogP contribution >= 0.6 is 0 Å². The van der Waals surface area contributed by atoms with Gasteiger partial charge in [0.1, 0.15) is 5.82 Å². The minimum atomic E-state index is -0.157. The maximum Gasteiger partial charge on any atom is 0.123 e. The van der Waals surface area contributed by atoms with Gasteiger partial charge in [-0.25, -0.2) is 4.39 Å². The van der Waals surface area contributed by atoms with E-state index in [9.17, 15) is 4.39 Å². The average molecular weight is 248 g/mol. The van der Waals surface area contributed by atoms with Crippen molar-refractivity contribution in [1.29, 1.82) is 0 Å². The van der Waals surface area contributed by atoms with Crippen molar-refractivity contribution in [3.05, 3.63) is 35.1 Å². The highest BCUT2D eigenvalue weighted by atomic mass is 19.1. The van der Waals surface area contributed by atoms with E-state index in [1.54, 1.807) is 6.07 Å². The summed E-state index contributed by atoms with van der Waals surface area (Å²) in [5.74, 6) is 0.739. The molecule has 0 amide bonds. The molecule has 18 heavy (non-hydrogen) atoms. The summed E-state index contributed by atoms with van der Waals surface area (Å²) in [5, 5.41) is 0. The summed E-state index contributed by atoms with van der Waals surface area (Å²) in [6.07, 6.45) is 5.37. The first-order valence-corrected chi connectivity index (χ1v) is 6.97. The van der Waals surface area contributed by atoms with Gasteiger partial charge in [0.25, 0.3) is 0 Å². The van der Waals surface area contributed by atoms with Crippen LogP contribution in [-0.4, -0.2) is 17.5 Å². The van der Waals surface area contributed by atoms with E-state index in [1.807, 2.05) is 6.07 Å². The summed E-state index contributed by atoms with van der Waals surface area (Å²) >= 11 is 0. The molecule has 0 atom stereocenters. The Morgan fingerprint density at radius 3 is 2.44 bits per heavy atom. The molecule has 2 saturated carbocycles. The highest BCUT2D eigenvalue weighted by molar-refractivity contribution is 5.24. The van der Waals surface area contributed by atoms with Crippen LogP contribution in [0.4, 0.5) is 4.39 Å². The lowest BCUT2D eigenvalue weighted by Crippen LogP contribution is -2.28. The molecule has 2 N–H and O–H groups in total. The second-order valence-corrected chi connectivity index (χ2v) is 5.78. The van der Waals surface area contributed by atoms with E-state index in [0.717, 1.165) is 29.6 Å². The molecule has 0 spiro atoms. The molecular weight excluding hydrogens is 227 g/mol. The summed E-state index contributed by atoms with van der Waals surface area (Å²) < 4.78 is 13.5. The van der Waals surface area contributed by atoms with Crippen molar-refractivity contribution in [2.24, 2.45) is 11.7 Å². The lowest BCUT2D eigenvalue weighted by atomic mass is 10.1. The van der Waals surface area contributed by atoms with Crippen LogP contribution in [0.25, 0.3) is 0 Å². The Morgan fingerprint density at radius 1 is 1.11 bits per heavy atom. The summed E-state index contributed by atoms with van der Waals surface area (Å²) in [6.45, 7) is 2.49. The number of nitrogens with zero attached hydrogens (tertiary/aromatic N) is 1. The van der Waals surface area contributed by atoms with Crippen LogP contribution in [-0.2, 0) is 13.1 Å². The highest BCUT2D eigenvalue weighted by Crippen LogP contribution is 2.35. The number of nitrogens with two attached hydrogens (primary N) is 1. The molecule has 1 aromatic rings. The van der Waals surface area contributed by atoms with Crippen molar-refractivity contribution >= 4 is 0 Å². The largest absolute Gasteiger partial charge is 0.326 e. The van der Waals surface area contributed by atoms with Crippen molar-refractivity contribution in [3.63, 3.8) is 0 Å². The van der Waals surface area contributed by atoms with Crippen molar-refractivity contribution in [2.45, 2.75) is 44.8 Å². The van der Waals surface area contributed by atoms with E-state index < -0.39 is 0 Å². The fraction of sp³-hybridized carbons (Fsp3) is 0.600. The fourth-order valence-electron chi connectivity index (χ4n) is 2.58.